The maximum absolute atomic E-state index is 12.5. The molecule has 2 rings (SSSR count). The van der Waals surface area contributed by atoms with Gasteiger partial charge in [-0.3, -0.25) is 14.5 Å². The third-order valence-corrected chi connectivity index (χ3v) is 4.23. The van der Waals surface area contributed by atoms with Crippen molar-refractivity contribution in [1.82, 2.24) is 15.5 Å². The summed E-state index contributed by atoms with van der Waals surface area (Å²) < 4.78 is 0. The maximum atomic E-state index is 12.5. The van der Waals surface area contributed by atoms with E-state index >= 15 is 0 Å². The molecule has 1 aliphatic rings. The Labute approximate surface area is 152 Å². The number of nitrogens with one attached hydrogen (secondary N) is 2. The lowest BCUT2D eigenvalue weighted by atomic mass is 10.1. The van der Waals surface area contributed by atoms with E-state index in [1.54, 1.807) is 0 Å². The average molecular weight is 366 g/mol. The lowest BCUT2D eigenvalue weighted by molar-refractivity contribution is -0.132. The summed E-state index contributed by atoms with van der Waals surface area (Å²) in [5.74, 6) is -0.693. The van der Waals surface area contributed by atoms with Gasteiger partial charge in [-0.05, 0) is 51.3 Å². The van der Waals surface area contributed by atoms with Crippen LogP contribution >= 0.6 is 11.6 Å². The van der Waals surface area contributed by atoms with Gasteiger partial charge in [-0.15, -0.1) is 0 Å². The molecule has 0 radical (unpaired) electrons. The minimum atomic E-state index is -0.793. The smallest absolute Gasteiger partial charge is 0.325 e. The van der Waals surface area contributed by atoms with Gasteiger partial charge in [0.1, 0.15) is 6.04 Å². The monoisotopic (exact) mass is 365 g/mol. The Kier molecular flexibility index (Phi) is 5.72. The Hall–Kier alpha value is -2.08. The van der Waals surface area contributed by atoms with Crippen LogP contribution in [0.1, 0.15) is 44.7 Å². The Morgan fingerprint density at radius 2 is 2.00 bits per heavy atom. The van der Waals surface area contributed by atoms with Crippen molar-refractivity contribution in [1.29, 1.82) is 0 Å². The molecule has 1 fully saturated rings. The van der Waals surface area contributed by atoms with Crippen LogP contribution in [0.2, 0.25) is 5.02 Å². The molecule has 1 aromatic rings. The quantitative estimate of drug-likeness (QED) is 0.864. The highest BCUT2D eigenvalue weighted by Gasteiger charge is 2.41. The van der Waals surface area contributed by atoms with Crippen molar-refractivity contribution in [2.45, 2.75) is 58.7 Å². The summed E-state index contributed by atoms with van der Waals surface area (Å²) in [6, 6.07) is 4.25. The first-order chi connectivity index (χ1) is 11.6. The molecule has 0 aromatic heterocycles. The molecule has 7 heteroatoms. The topological polar surface area (TPSA) is 78.5 Å². The highest BCUT2D eigenvalue weighted by molar-refractivity contribution is 6.31. The van der Waals surface area contributed by atoms with E-state index in [-0.39, 0.29) is 24.8 Å². The van der Waals surface area contributed by atoms with Gasteiger partial charge >= 0.3 is 6.03 Å². The van der Waals surface area contributed by atoms with E-state index in [4.69, 9.17) is 11.6 Å². The molecule has 0 spiro atoms. The maximum Gasteiger partial charge on any atom is 0.325 e. The molecule has 6 nitrogen and oxygen atoms in total. The first-order valence-corrected chi connectivity index (χ1v) is 8.63. The molecule has 1 heterocycles. The molecule has 1 atom stereocenters. The zero-order valence-electron chi connectivity index (χ0n) is 15.0. The molecule has 1 aliphatic heterocycles. The van der Waals surface area contributed by atoms with Crippen molar-refractivity contribution in [2.24, 2.45) is 0 Å². The van der Waals surface area contributed by atoms with Crippen molar-refractivity contribution < 1.29 is 14.4 Å². The molecule has 136 valence electrons. The number of halogens is 1. The molecular weight excluding hydrogens is 342 g/mol. The number of hydrogen-bond acceptors (Lipinski definition) is 3. The fraction of sp³-hybridized carbons (Fsp3) is 0.500. The van der Waals surface area contributed by atoms with Gasteiger partial charge in [0.15, 0.2) is 0 Å². The number of imide groups is 1. The van der Waals surface area contributed by atoms with Gasteiger partial charge in [-0.2, -0.15) is 0 Å². The fourth-order valence-corrected chi connectivity index (χ4v) is 2.97. The van der Waals surface area contributed by atoms with Crippen LogP contribution in [-0.2, 0) is 16.1 Å². The van der Waals surface area contributed by atoms with Crippen LogP contribution in [0.4, 0.5) is 4.79 Å². The zero-order valence-corrected chi connectivity index (χ0v) is 15.7. The molecule has 1 aromatic carbocycles. The Bertz CT molecular complexity index is 697. The summed E-state index contributed by atoms with van der Waals surface area (Å²) >= 11 is 6.17. The minimum Gasteiger partial charge on any atom is -0.350 e. The minimum absolute atomic E-state index is 0.181. The first kappa shape index (κ1) is 19.2. The summed E-state index contributed by atoms with van der Waals surface area (Å²) in [7, 11) is 0. The van der Waals surface area contributed by atoms with Gasteiger partial charge in [-0.25, -0.2) is 4.79 Å². The number of rotatable bonds is 3. The lowest BCUT2D eigenvalue weighted by Gasteiger charge is -2.27. The second-order valence-corrected chi connectivity index (χ2v) is 7.72. The Morgan fingerprint density at radius 3 is 2.60 bits per heavy atom. The second-order valence-electron chi connectivity index (χ2n) is 7.31. The van der Waals surface area contributed by atoms with Crippen molar-refractivity contribution in [3.8, 4) is 0 Å². The van der Waals surface area contributed by atoms with Gasteiger partial charge in [0.25, 0.3) is 0 Å². The number of amides is 4. The Morgan fingerprint density at radius 1 is 1.32 bits per heavy atom. The molecular formula is C18H24ClN3O3. The molecule has 0 saturated carbocycles. The van der Waals surface area contributed by atoms with E-state index in [0.29, 0.717) is 11.4 Å². The number of nitrogens with zero attached hydrogens (tertiary/aromatic N) is 1. The van der Waals surface area contributed by atoms with E-state index < -0.39 is 17.6 Å². The molecule has 25 heavy (non-hydrogen) atoms. The second kappa shape index (κ2) is 7.44. The zero-order chi connectivity index (χ0) is 18.8. The molecule has 4 amide bonds. The number of likely N-dealkylation sites (tertiary alicyclic amines) is 1. The molecule has 2 N–H and O–H groups in total. The number of urea groups is 1. The third kappa shape index (κ3) is 4.95. The predicted octanol–water partition coefficient (Wildman–Crippen LogP) is 2.76. The van der Waals surface area contributed by atoms with Crippen LogP contribution < -0.4 is 10.6 Å². The van der Waals surface area contributed by atoms with E-state index in [2.05, 4.69) is 10.6 Å². The normalized spacial score (nSPS) is 17.6. The SMILES string of the molecule is Cc1ccc(CNC(=O)[C@@H]2CCC(=O)N2C(=O)NC(C)(C)C)c(Cl)c1. The van der Waals surface area contributed by atoms with E-state index in [1.165, 1.54) is 0 Å². The Balaban J connectivity index is 2.04. The van der Waals surface area contributed by atoms with E-state index in [0.717, 1.165) is 16.0 Å². The molecule has 0 bridgehead atoms. The largest absolute Gasteiger partial charge is 0.350 e. The number of aryl methyl sites for hydroxylation is 1. The summed E-state index contributed by atoms with van der Waals surface area (Å²) in [6.07, 6.45) is 0.505. The fourth-order valence-electron chi connectivity index (χ4n) is 2.66. The highest BCUT2D eigenvalue weighted by Crippen LogP contribution is 2.21. The van der Waals surface area contributed by atoms with Crippen LogP contribution in [0.5, 0.6) is 0 Å². The summed E-state index contributed by atoms with van der Waals surface area (Å²) in [5.41, 5.74) is 1.33. The number of hydrogen-bond donors (Lipinski definition) is 2. The number of benzene rings is 1. The van der Waals surface area contributed by atoms with Gasteiger partial charge < -0.3 is 10.6 Å². The van der Waals surface area contributed by atoms with Gasteiger partial charge in [0.05, 0.1) is 0 Å². The van der Waals surface area contributed by atoms with Crippen molar-refractivity contribution in [3.63, 3.8) is 0 Å². The van der Waals surface area contributed by atoms with Crippen molar-refractivity contribution in [2.75, 3.05) is 0 Å². The standard InChI is InChI=1S/C18H24ClN3O3/c1-11-5-6-12(13(19)9-11)10-20-16(24)14-7-8-15(23)22(14)17(25)21-18(2,3)4/h5-6,9,14H,7-8,10H2,1-4H3,(H,20,24)(H,21,25)/t14-/m0/s1. The van der Waals surface area contributed by atoms with Crippen LogP contribution in [0.25, 0.3) is 0 Å². The highest BCUT2D eigenvalue weighted by atomic mass is 35.5. The predicted molar refractivity (Wildman–Crippen MR) is 96.2 cm³/mol. The molecule has 0 aliphatic carbocycles. The van der Waals surface area contributed by atoms with E-state index in [1.807, 2.05) is 45.9 Å². The van der Waals surface area contributed by atoms with Crippen molar-refractivity contribution >= 4 is 29.4 Å². The summed E-state index contributed by atoms with van der Waals surface area (Å²) in [4.78, 5) is 37.9. The number of carbonyl (C=O) groups is 3. The molecule has 0 unspecified atom stereocenters. The van der Waals surface area contributed by atoms with Crippen LogP contribution in [0.15, 0.2) is 18.2 Å². The van der Waals surface area contributed by atoms with Crippen molar-refractivity contribution in [3.05, 3.63) is 34.3 Å². The summed E-state index contributed by atoms with van der Waals surface area (Å²) in [6.45, 7) is 7.64. The molecule has 1 saturated heterocycles. The lowest BCUT2D eigenvalue weighted by Crippen LogP contribution is -2.54. The van der Waals surface area contributed by atoms with Crippen LogP contribution in [0, 0.1) is 6.92 Å². The van der Waals surface area contributed by atoms with Gasteiger partial charge in [0, 0.05) is 23.5 Å². The van der Waals surface area contributed by atoms with Crippen LogP contribution in [0.3, 0.4) is 0 Å². The first-order valence-electron chi connectivity index (χ1n) is 8.25. The average Bonchev–Trinajstić information content (AvgIpc) is 2.86. The summed E-state index contributed by atoms with van der Waals surface area (Å²) in [5, 5.41) is 6.08. The van der Waals surface area contributed by atoms with Gasteiger partial charge in [-0.1, -0.05) is 23.7 Å². The third-order valence-electron chi connectivity index (χ3n) is 3.88. The van der Waals surface area contributed by atoms with E-state index in [9.17, 15) is 14.4 Å². The van der Waals surface area contributed by atoms with Gasteiger partial charge in [0.2, 0.25) is 11.8 Å². The number of carbonyl (C=O) groups excluding carboxylic acids is 3. The van der Waals surface area contributed by atoms with Crippen LogP contribution in [-0.4, -0.2) is 34.3 Å².